The van der Waals surface area contributed by atoms with Crippen LogP contribution in [-0.4, -0.2) is 47.9 Å². The monoisotopic (exact) mass is 411 g/mol. The lowest BCUT2D eigenvalue weighted by Crippen LogP contribution is -2.42. The van der Waals surface area contributed by atoms with E-state index >= 15 is 0 Å². The number of amides is 1. The Morgan fingerprint density at radius 3 is 2.13 bits per heavy atom. The summed E-state index contributed by atoms with van der Waals surface area (Å²) in [7, 11) is 5.49. The highest BCUT2D eigenvalue weighted by Gasteiger charge is 2.22. The molecule has 5 nitrogen and oxygen atoms in total. The van der Waals surface area contributed by atoms with Gasteiger partial charge in [0, 0.05) is 35.6 Å². The first kappa shape index (κ1) is 23.9. The molecule has 0 saturated carbocycles. The number of likely N-dealkylation sites (N-methyl/N-ethyl adjacent to an activating group) is 2. The largest absolute Gasteiger partial charge is 0.358 e. The maximum absolute atomic E-state index is 13.0. The summed E-state index contributed by atoms with van der Waals surface area (Å²) in [5.74, 6) is -0.00730. The fourth-order valence-corrected chi connectivity index (χ4v) is 3.83. The van der Waals surface area contributed by atoms with Crippen LogP contribution >= 0.6 is 0 Å². The van der Waals surface area contributed by atoms with E-state index in [4.69, 9.17) is 0 Å². The third-order valence-corrected chi connectivity index (χ3v) is 5.92. The predicted molar refractivity (Wildman–Crippen MR) is 125 cm³/mol. The van der Waals surface area contributed by atoms with Crippen molar-refractivity contribution in [2.24, 2.45) is 0 Å². The Morgan fingerprint density at radius 2 is 1.63 bits per heavy atom. The number of aryl methyl sites for hydroxylation is 3. The fraction of sp³-hybridized carbons (Fsp3) is 0.520. The summed E-state index contributed by atoms with van der Waals surface area (Å²) in [6.07, 6.45) is 0. The summed E-state index contributed by atoms with van der Waals surface area (Å²) in [5, 5.41) is 0. The molecule has 30 heavy (non-hydrogen) atoms. The molecule has 0 aliphatic heterocycles. The molecule has 2 aromatic rings. The zero-order chi connectivity index (χ0) is 23.0. The second-order valence-electron chi connectivity index (χ2n) is 9.72. The molecule has 1 atom stereocenters. The van der Waals surface area contributed by atoms with Crippen LogP contribution < -0.4 is 5.43 Å². The second kappa shape index (κ2) is 8.76. The molecule has 1 N–H and O–H groups in total. The molecule has 5 heteroatoms. The molecule has 0 fully saturated rings. The Hall–Kier alpha value is -2.40. The molecule has 1 aromatic carbocycles. The predicted octanol–water partition coefficient (Wildman–Crippen LogP) is 4.17. The van der Waals surface area contributed by atoms with Crippen LogP contribution in [0.4, 0.5) is 0 Å². The van der Waals surface area contributed by atoms with Gasteiger partial charge in [-0.15, -0.1) is 0 Å². The molecule has 1 heterocycles. The molecular formula is C25H37N3O2. The van der Waals surface area contributed by atoms with Crippen molar-refractivity contribution in [1.29, 1.82) is 0 Å². The Balaban J connectivity index is 2.41. The number of H-pyrrole nitrogens is 1. The number of carbonyl (C=O) groups excluding carboxylic acids is 1. The Bertz CT molecular complexity index is 997. The van der Waals surface area contributed by atoms with Crippen LogP contribution in [0.25, 0.3) is 11.3 Å². The molecule has 0 aliphatic rings. The highest BCUT2D eigenvalue weighted by atomic mass is 16.2. The summed E-state index contributed by atoms with van der Waals surface area (Å²) in [6, 6.07) is 5.81. The molecule has 164 valence electrons. The molecule has 0 aliphatic carbocycles. The van der Waals surface area contributed by atoms with Crippen LogP contribution in [0.1, 0.15) is 55.6 Å². The quantitative estimate of drug-likeness (QED) is 0.803. The molecule has 0 saturated heterocycles. The molecule has 1 aromatic heterocycles. The summed E-state index contributed by atoms with van der Waals surface area (Å²) in [5.41, 5.74) is 6.98. The number of carbonyl (C=O) groups is 1. The SMILES string of the molecule is Cc1cc(C(C)(C)C)c(C)cc1-c1cc(=O)c(CN(C)C(=O)[C@H](C)N(C)C)c(C)[nH]1. The van der Waals surface area contributed by atoms with E-state index in [0.717, 1.165) is 22.5 Å². The van der Waals surface area contributed by atoms with Gasteiger partial charge >= 0.3 is 0 Å². The minimum atomic E-state index is -0.236. The molecular weight excluding hydrogens is 374 g/mol. The maximum atomic E-state index is 13.0. The lowest BCUT2D eigenvalue weighted by atomic mass is 9.82. The van der Waals surface area contributed by atoms with E-state index in [9.17, 15) is 9.59 Å². The number of benzene rings is 1. The van der Waals surface area contributed by atoms with Crippen molar-refractivity contribution in [2.75, 3.05) is 21.1 Å². The van der Waals surface area contributed by atoms with Crippen molar-refractivity contribution in [3.8, 4) is 11.3 Å². The lowest BCUT2D eigenvalue weighted by Gasteiger charge is -2.26. The summed E-state index contributed by atoms with van der Waals surface area (Å²) in [6.45, 7) is 14.9. The smallest absolute Gasteiger partial charge is 0.239 e. The average molecular weight is 412 g/mol. The van der Waals surface area contributed by atoms with Crippen molar-refractivity contribution >= 4 is 5.91 Å². The van der Waals surface area contributed by atoms with Gasteiger partial charge in [-0.3, -0.25) is 14.5 Å². The van der Waals surface area contributed by atoms with Crippen LogP contribution in [0.3, 0.4) is 0 Å². The zero-order valence-electron chi connectivity index (χ0n) is 20.2. The van der Waals surface area contributed by atoms with Crippen molar-refractivity contribution in [1.82, 2.24) is 14.8 Å². The highest BCUT2D eigenvalue weighted by Crippen LogP contribution is 2.31. The Labute approximate surface area is 181 Å². The van der Waals surface area contributed by atoms with E-state index in [-0.39, 0.29) is 22.8 Å². The van der Waals surface area contributed by atoms with Gasteiger partial charge in [0.05, 0.1) is 12.6 Å². The van der Waals surface area contributed by atoms with Crippen LogP contribution in [0.2, 0.25) is 0 Å². The number of nitrogens with zero attached hydrogens (tertiary/aromatic N) is 2. The zero-order valence-corrected chi connectivity index (χ0v) is 20.2. The Kier molecular flexibility index (Phi) is 6.97. The van der Waals surface area contributed by atoms with Crippen LogP contribution in [0.15, 0.2) is 23.0 Å². The van der Waals surface area contributed by atoms with Gasteiger partial charge in [-0.05, 0) is 70.0 Å². The van der Waals surface area contributed by atoms with Gasteiger partial charge in [-0.25, -0.2) is 0 Å². The van der Waals surface area contributed by atoms with Gasteiger partial charge in [-0.1, -0.05) is 26.8 Å². The summed E-state index contributed by atoms with van der Waals surface area (Å²) < 4.78 is 0. The van der Waals surface area contributed by atoms with Gasteiger partial charge in [0.15, 0.2) is 5.43 Å². The molecule has 0 unspecified atom stereocenters. The van der Waals surface area contributed by atoms with E-state index in [1.165, 1.54) is 11.1 Å². The van der Waals surface area contributed by atoms with Crippen molar-refractivity contribution < 1.29 is 4.79 Å². The molecule has 0 bridgehead atoms. The van der Waals surface area contributed by atoms with Crippen LogP contribution in [0.5, 0.6) is 0 Å². The van der Waals surface area contributed by atoms with Gasteiger partial charge in [-0.2, -0.15) is 0 Å². The minimum Gasteiger partial charge on any atom is -0.358 e. The van der Waals surface area contributed by atoms with E-state index in [1.807, 2.05) is 32.8 Å². The van der Waals surface area contributed by atoms with Crippen molar-refractivity contribution in [2.45, 2.75) is 66.5 Å². The van der Waals surface area contributed by atoms with E-state index < -0.39 is 0 Å². The van der Waals surface area contributed by atoms with E-state index in [2.05, 4.69) is 51.7 Å². The number of nitrogens with one attached hydrogen (secondary N) is 1. The van der Waals surface area contributed by atoms with Gasteiger partial charge < -0.3 is 9.88 Å². The van der Waals surface area contributed by atoms with Crippen molar-refractivity contribution in [3.05, 3.63) is 56.4 Å². The van der Waals surface area contributed by atoms with E-state index in [1.54, 1.807) is 18.0 Å². The summed E-state index contributed by atoms with van der Waals surface area (Å²) in [4.78, 5) is 32.4. The minimum absolute atomic E-state index is 0.00730. The number of pyridine rings is 1. The lowest BCUT2D eigenvalue weighted by molar-refractivity contribution is -0.134. The first-order valence-electron chi connectivity index (χ1n) is 10.5. The number of hydrogen-bond donors (Lipinski definition) is 1. The van der Waals surface area contributed by atoms with Gasteiger partial charge in [0.2, 0.25) is 5.91 Å². The van der Waals surface area contributed by atoms with Crippen LogP contribution in [-0.2, 0) is 16.8 Å². The van der Waals surface area contributed by atoms with Crippen molar-refractivity contribution in [3.63, 3.8) is 0 Å². The fourth-order valence-electron chi connectivity index (χ4n) is 3.83. The molecule has 0 spiro atoms. The van der Waals surface area contributed by atoms with Gasteiger partial charge in [0.25, 0.3) is 0 Å². The topological polar surface area (TPSA) is 56.4 Å². The van der Waals surface area contributed by atoms with Gasteiger partial charge in [0.1, 0.15) is 0 Å². The van der Waals surface area contributed by atoms with Crippen LogP contribution in [0, 0.1) is 20.8 Å². The molecule has 1 amide bonds. The normalized spacial score (nSPS) is 12.9. The molecule has 2 rings (SSSR count). The number of aromatic amines is 1. The second-order valence-corrected chi connectivity index (χ2v) is 9.72. The number of hydrogen-bond acceptors (Lipinski definition) is 3. The summed E-state index contributed by atoms with van der Waals surface area (Å²) >= 11 is 0. The highest BCUT2D eigenvalue weighted by molar-refractivity contribution is 5.81. The average Bonchev–Trinajstić information content (AvgIpc) is 2.63. The Morgan fingerprint density at radius 1 is 1.03 bits per heavy atom. The molecule has 0 radical (unpaired) electrons. The maximum Gasteiger partial charge on any atom is 0.239 e. The first-order valence-corrected chi connectivity index (χ1v) is 10.5. The first-order chi connectivity index (χ1) is 13.7. The van der Waals surface area contributed by atoms with E-state index in [0.29, 0.717) is 12.1 Å². The standard InChI is InChI=1S/C25H37N3O2/c1-15-12-21(25(5,6)7)16(2)11-19(15)22-13-23(29)20(17(3)26-22)14-28(10)24(30)18(4)27(8)9/h11-13,18H,14H2,1-10H3,(H,26,29)/t18-/m0/s1. The number of rotatable bonds is 5. The number of aromatic nitrogens is 1. The third-order valence-electron chi connectivity index (χ3n) is 5.92. The third kappa shape index (κ3) is 5.01.